The molecule has 9 heteroatoms. The van der Waals surface area contributed by atoms with Crippen molar-refractivity contribution in [2.45, 2.75) is 46.6 Å². The quantitative estimate of drug-likeness (QED) is 0.372. The minimum Gasteiger partial charge on any atom is -0.711 e. The van der Waals surface area contributed by atoms with Crippen molar-refractivity contribution in [2.75, 3.05) is 6.61 Å². The Balaban J connectivity index is 2.59. The van der Waals surface area contributed by atoms with Gasteiger partial charge in [0.15, 0.2) is 0 Å². The van der Waals surface area contributed by atoms with Crippen molar-refractivity contribution in [1.82, 2.24) is 15.2 Å². The smallest absolute Gasteiger partial charge is 0.328 e. The molecule has 1 atom stereocenters. The molecule has 1 unspecified atom stereocenters. The van der Waals surface area contributed by atoms with E-state index in [-0.39, 0.29) is 24.9 Å². The van der Waals surface area contributed by atoms with Gasteiger partial charge in [0.05, 0.1) is 12.5 Å². The van der Waals surface area contributed by atoms with Gasteiger partial charge in [-0.15, -0.1) is 0 Å². The number of aromatic nitrogens is 2. The number of barbiturate groups is 1. The molecular weight excluding hydrogens is 328 g/mol. The first-order valence-electron chi connectivity index (χ1n) is 8.24. The molecule has 0 aromatic carbocycles. The maximum absolute atomic E-state index is 12.7. The number of imidazole rings is 1. The molecular formula is C16H24N4O5. The summed E-state index contributed by atoms with van der Waals surface area (Å²) >= 11 is 0. The van der Waals surface area contributed by atoms with Crippen molar-refractivity contribution in [3.05, 3.63) is 22.4 Å². The Morgan fingerprint density at radius 3 is 2.24 bits per heavy atom. The van der Waals surface area contributed by atoms with Crippen LogP contribution in [0.25, 0.3) is 0 Å². The number of urea groups is 1. The lowest BCUT2D eigenvalue weighted by Crippen LogP contribution is -2.58. The molecule has 2 rings (SSSR count). The number of hydrogen-bond donors (Lipinski definition) is 3. The molecule has 9 nitrogen and oxygen atoms in total. The summed E-state index contributed by atoms with van der Waals surface area (Å²) in [5.74, 6) is -2.99. The van der Waals surface area contributed by atoms with Gasteiger partial charge in [-0.2, -0.15) is 0 Å². The zero-order valence-corrected chi connectivity index (χ0v) is 14.8. The SMILES string of the molecule is Cc1c(C)[n+]([O-])c(C(CC(C)C)C2C(=O)NC(=O)NC2=O)n1CCO. The van der Waals surface area contributed by atoms with Crippen LogP contribution < -0.4 is 15.4 Å². The predicted molar refractivity (Wildman–Crippen MR) is 87.3 cm³/mol. The molecule has 1 aliphatic heterocycles. The fraction of sp³-hybridized carbons (Fsp3) is 0.625. The summed E-state index contributed by atoms with van der Waals surface area (Å²) in [4.78, 5) is 36.0. The molecule has 1 aromatic rings. The average Bonchev–Trinajstić information content (AvgIpc) is 2.70. The van der Waals surface area contributed by atoms with Crippen molar-refractivity contribution in [3.8, 4) is 0 Å². The summed E-state index contributed by atoms with van der Waals surface area (Å²) in [6, 6.07) is -0.859. The molecule has 0 aliphatic carbocycles. The molecule has 0 radical (unpaired) electrons. The third-order valence-electron chi connectivity index (χ3n) is 4.54. The van der Waals surface area contributed by atoms with E-state index >= 15 is 0 Å². The Morgan fingerprint density at radius 1 is 1.20 bits per heavy atom. The zero-order valence-electron chi connectivity index (χ0n) is 14.8. The first-order valence-corrected chi connectivity index (χ1v) is 8.24. The van der Waals surface area contributed by atoms with Crippen LogP contribution in [-0.2, 0) is 16.1 Å². The second kappa shape index (κ2) is 7.22. The van der Waals surface area contributed by atoms with E-state index in [2.05, 4.69) is 10.6 Å². The van der Waals surface area contributed by atoms with E-state index in [4.69, 9.17) is 0 Å². The van der Waals surface area contributed by atoms with Crippen LogP contribution in [0.2, 0.25) is 0 Å². The van der Waals surface area contributed by atoms with Gasteiger partial charge in [0.2, 0.25) is 11.8 Å². The second-order valence-corrected chi connectivity index (χ2v) is 6.72. The largest absolute Gasteiger partial charge is 0.711 e. The van der Waals surface area contributed by atoms with Crippen LogP contribution in [0.5, 0.6) is 0 Å². The fourth-order valence-electron chi connectivity index (χ4n) is 3.32. The molecule has 0 spiro atoms. The van der Waals surface area contributed by atoms with Crippen LogP contribution in [0.1, 0.15) is 43.4 Å². The van der Waals surface area contributed by atoms with E-state index in [0.717, 1.165) is 4.73 Å². The van der Waals surface area contributed by atoms with Gasteiger partial charge in [0, 0.05) is 13.8 Å². The van der Waals surface area contributed by atoms with Crippen molar-refractivity contribution < 1.29 is 24.2 Å². The lowest BCUT2D eigenvalue weighted by Gasteiger charge is -2.28. The highest BCUT2D eigenvalue weighted by atomic mass is 16.5. The molecule has 3 N–H and O–H groups in total. The number of nitrogens with one attached hydrogen (secondary N) is 2. The molecule has 138 valence electrons. The molecule has 1 aromatic heterocycles. The predicted octanol–water partition coefficient (Wildman–Crippen LogP) is -0.157. The maximum Gasteiger partial charge on any atom is 0.328 e. The van der Waals surface area contributed by atoms with Gasteiger partial charge in [-0.05, 0) is 12.3 Å². The normalized spacial score (nSPS) is 17.0. The van der Waals surface area contributed by atoms with Gasteiger partial charge < -0.3 is 10.3 Å². The van der Waals surface area contributed by atoms with Crippen molar-refractivity contribution >= 4 is 17.8 Å². The number of rotatable bonds is 6. The van der Waals surface area contributed by atoms with E-state index < -0.39 is 29.7 Å². The van der Waals surface area contributed by atoms with Gasteiger partial charge in [-0.3, -0.25) is 20.2 Å². The summed E-state index contributed by atoms with van der Waals surface area (Å²) in [6.07, 6.45) is 0.399. The highest BCUT2D eigenvalue weighted by Gasteiger charge is 2.46. The topological polar surface area (TPSA) is 127 Å². The van der Waals surface area contributed by atoms with E-state index in [1.807, 2.05) is 13.8 Å². The number of nitrogens with zero attached hydrogens (tertiary/aromatic N) is 2. The molecule has 1 aliphatic rings. The molecule has 0 saturated carbocycles. The molecule has 2 heterocycles. The minimum atomic E-state index is -1.19. The Kier molecular flexibility index (Phi) is 5.46. The summed E-state index contributed by atoms with van der Waals surface area (Å²) in [6.45, 7) is 7.24. The maximum atomic E-state index is 12.7. The number of aliphatic hydroxyl groups excluding tert-OH is 1. The lowest BCUT2D eigenvalue weighted by atomic mass is 9.82. The Labute approximate surface area is 145 Å². The van der Waals surface area contributed by atoms with E-state index in [0.29, 0.717) is 17.8 Å². The van der Waals surface area contributed by atoms with Crippen LogP contribution in [0.15, 0.2) is 0 Å². The van der Waals surface area contributed by atoms with E-state index in [1.54, 1.807) is 18.4 Å². The molecule has 1 saturated heterocycles. The van der Waals surface area contributed by atoms with Crippen LogP contribution in [0.4, 0.5) is 4.79 Å². The molecule has 0 bridgehead atoms. The van der Waals surface area contributed by atoms with Gasteiger partial charge in [0.1, 0.15) is 23.9 Å². The van der Waals surface area contributed by atoms with Crippen LogP contribution in [0.3, 0.4) is 0 Å². The summed E-state index contributed by atoms with van der Waals surface area (Å²) < 4.78 is 2.36. The molecule has 1 fully saturated rings. The Hall–Kier alpha value is -2.42. The standard InChI is InChI=1S/C16H24N4O5/c1-8(2)7-11(12-13(22)17-16(24)18-14(12)23)15-19(5-6-21)9(3)10(4)20(15)25/h8,11-12,21H,5-7H2,1-4H3,(H2,17,18,22,23,24). The highest BCUT2D eigenvalue weighted by Crippen LogP contribution is 2.32. The summed E-state index contributed by atoms with van der Waals surface area (Å²) in [7, 11) is 0. The van der Waals surface area contributed by atoms with Gasteiger partial charge in [0.25, 0.3) is 5.82 Å². The van der Waals surface area contributed by atoms with E-state index in [1.165, 1.54) is 0 Å². The molecule has 4 amide bonds. The van der Waals surface area contributed by atoms with Crippen LogP contribution in [-0.4, -0.2) is 34.1 Å². The first kappa shape index (κ1) is 18.9. The monoisotopic (exact) mass is 352 g/mol. The van der Waals surface area contributed by atoms with Crippen LogP contribution >= 0.6 is 0 Å². The molecule has 25 heavy (non-hydrogen) atoms. The number of hydrogen-bond acceptors (Lipinski definition) is 5. The van der Waals surface area contributed by atoms with E-state index in [9.17, 15) is 24.7 Å². The first-order chi connectivity index (χ1) is 11.7. The highest BCUT2D eigenvalue weighted by molar-refractivity contribution is 6.16. The van der Waals surface area contributed by atoms with Crippen molar-refractivity contribution in [3.63, 3.8) is 0 Å². The van der Waals surface area contributed by atoms with Gasteiger partial charge in [-0.1, -0.05) is 13.8 Å². The fourth-order valence-corrected chi connectivity index (χ4v) is 3.32. The summed E-state index contributed by atoms with van der Waals surface area (Å²) in [5.41, 5.74) is 1.12. The number of carbonyl (C=O) groups excluding carboxylic acids is 3. The zero-order chi connectivity index (χ0) is 18.9. The third-order valence-corrected chi connectivity index (χ3v) is 4.54. The Morgan fingerprint density at radius 2 is 1.76 bits per heavy atom. The lowest BCUT2D eigenvalue weighted by molar-refractivity contribution is -0.622. The Bertz CT molecular complexity index is 690. The van der Waals surface area contributed by atoms with Crippen LogP contribution in [0, 0.1) is 30.9 Å². The summed E-state index contributed by atoms with van der Waals surface area (Å²) in [5, 5.41) is 26.3. The second-order valence-electron chi connectivity index (χ2n) is 6.72. The van der Waals surface area contributed by atoms with Crippen molar-refractivity contribution in [2.24, 2.45) is 11.8 Å². The van der Waals surface area contributed by atoms with Gasteiger partial charge in [-0.25, -0.2) is 14.1 Å². The minimum absolute atomic E-state index is 0.0984. The number of amides is 4. The number of imide groups is 2. The third kappa shape index (κ3) is 3.51. The average molecular weight is 352 g/mol. The number of aliphatic hydroxyl groups is 1. The van der Waals surface area contributed by atoms with Gasteiger partial charge >= 0.3 is 6.03 Å². The van der Waals surface area contributed by atoms with Crippen molar-refractivity contribution in [1.29, 1.82) is 0 Å². The number of carbonyl (C=O) groups is 3.